The third kappa shape index (κ3) is 7.72. The number of carbonyl (C=O) groups excluding carboxylic acids is 1. The molecule has 2 heterocycles. The van der Waals surface area contributed by atoms with E-state index in [2.05, 4.69) is 15.4 Å². The van der Waals surface area contributed by atoms with Crippen LogP contribution in [0, 0.1) is 0 Å². The summed E-state index contributed by atoms with van der Waals surface area (Å²) < 4.78 is 62.7. The van der Waals surface area contributed by atoms with Crippen molar-refractivity contribution in [3.63, 3.8) is 0 Å². The van der Waals surface area contributed by atoms with Gasteiger partial charge in [0, 0.05) is 18.2 Å². The summed E-state index contributed by atoms with van der Waals surface area (Å²) in [4.78, 5) is 17.1. The van der Waals surface area contributed by atoms with Crippen molar-refractivity contribution in [1.29, 1.82) is 0 Å². The number of rotatable bonds is 4. The average molecular weight is 487 g/mol. The molecule has 1 aliphatic rings. The molecular formula is C16H18ClF3N4O4S2. The van der Waals surface area contributed by atoms with Crippen LogP contribution in [0.15, 0.2) is 30.5 Å². The summed E-state index contributed by atoms with van der Waals surface area (Å²) in [5, 5.41) is 6.58. The fraction of sp³-hybridized carbons (Fsp3) is 0.375. The van der Waals surface area contributed by atoms with Crippen molar-refractivity contribution < 1.29 is 31.1 Å². The van der Waals surface area contributed by atoms with E-state index in [1.165, 1.54) is 12.3 Å². The third-order valence-corrected chi connectivity index (χ3v) is 4.90. The average Bonchev–Trinajstić information content (AvgIpc) is 3.30. The molecule has 1 unspecified atom stereocenters. The summed E-state index contributed by atoms with van der Waals surface area (Å²) in [5.74, 6) is -0.0518. The van der Waals surface area contributed by atoms with E-state index in [4.69, 9.17) is 24.8 Å². The van der Waals surface area contributed by atoms with E-state index in [9.17, 15) is 18.0 Å². The second kappa shape index (κ2) is 10.9. The van der Waals surface area contributed by atoms with Crippen LogP contribution < -0.4 is 15.4 Å². The van der Waals surface area contributed by atoms with Crippen molar-refractivity contribution in [2.45, 2.75) is 18.5 Å². The number of hydrogen-bond donors (Lipinski definition) is 3. The van der Waals surface area contributed by atoms with E-state index < -0.39 is 29.6 Å². The maximum absolute atomic E-state index is 13.1. The molecule has 0 bridgehead atoms. The quantitative estimate of drug-likeness (QED) is 0.573. The number of hydrogen-bond acceptors (Lipinski definition) is 6. The van der Waals surface area contributed by atoms with Gasteiger partial charge in [-0.05, 0) is 18.1 Å². The Morgan fingerprint density at radius 1 is 1.40 bits per heavy atom. The number of urea groups is 1. The number of thiol groups is 1. The monoisotopic (exact) mass is 486 g/mol. The fourth-order valence-corrected chi connectivity index (χ4v) is 3.58. The molecule has 1 fully saturated rings. The molecule has 1 saturated heterocycles. The van der Waals surface area contributed by atoms with Crippen LogP contribution in [0.5, 0.6) is 0 Å². The number of aromatic nitrogens is 1. The first-order valence-corrected chi connectivity index (χ1v) is 10.8. The molecule has 1 aromatic heterocycles. The lowest BCUT2D eigenvalue weighted by Gasteiger charge is -2.27. The normalized spacial score (nSPS) is 16.1. The Balaban J connectivity index is 0.000000735. The molecule has 2 amide bonds. The number of halogens is 4. The summed E-state index contributed by atoms with van der Waals surface area (Å²) in [7, 11) is -2.62. The van der Waals surface area contributed by atoms with Gasteiger partial charge in [-0.3, -0.25) is 10.2 Å². The highest BCUT2D eigenvalue weighted by molar-refractivity contribution is 7.69. The van der Waals surface area contributed by atoms with Gasteiger partial charge in [-0.2, -0.15) is 13.2 Å². The van der Waals surface area contributed by atoms with Crippen LogP contribution in [0.3, 0.4) is 0 Å². The Labute approximate surface area is 180 Å². The highest BCUT2D eigenvalue weighted by Gasteiger charge is 2.36. The van der Waals surface area contributed by atoms with Crippen molar-refractivity contribution >= 4 is 50.7 Å². The second-order valence-electron chi connectivity index (χ2n) is 6.01. The number of amides is 2. The van der Waals surface area contributed by atoms with Crippen LogP contribution in [0.4, 0.5) is 28.8 Å². The van der Waals surface area contributed by atoms with E-state index in [-0.39, 0.29) is 16.7 Å². The smallest absolute Gasteiger partial charge is 0.381 e. The molecule has 166 valence electrons. The van der Waals surface area contributed by atoms with Crippen molar-refractivity contribution in [1.82, 2.24) is 4.98 Å². The molecule has 1 atom stereocenters. The number of carbonyl (C=O) groups is 1. The summed E-state index contributed by atoms with van der Waals surface area (Å²) in [6.45, 7) is -0.453. The van der Waals surface area contributed by atoms with Gasteiger partial charge in [0.15, 0.2) is 16.0 Å². The molecule has 0 radical (unpaired) electrons. The maximum atomic E-state index is 13.1. The highest BCUT2D eigenvalue weighted by Crippen LogP contribution is 2.35. The number of ether oxygens (including phenoxy) is 1. The van der Waals surface area contributed by atoms with E-state index in [0.29, 0.717) is 34.4 Å². The Morgan fingerprint density at radius 3 is 2.60 bits per heavy atom. The van der Waals surface area contributed by atoms with Gasteiger partial charge in [0.1, 0.15) is 10.9 Å². The molecular weight excluding hydrogens is 469 g/mol. The van der Waals surface area contributed by atoms with Crippen LogP contribution in [0.2, 0.25) is 4.34 Å². The molecule has 30 heavy (non-hydrogen) atoms. The molecule has 8 nitrogen and oxygen atoms in total. The molecule has 2 aromatic rings. The molecule has 3 N–H and O–H groups in total. The standard InChI is InChI=1S/C16H15ClF3N3O2S.H3NO2S/c17-13-7-21-14(26-13)22-15(24)23(9-16(18,19)20)12-4-2-1-3-11(12)10-5-6-25-8-10;1-4(2)3/h1-4,7,10H,5-6,8-9H2,(H,21,22,24);4H,(H2,1,2,3). The Bertz CT molecular complexity index is 925. The predicted molar refractivity (Wildman–Crippen MR) is 109 cm³/mol. The van der Waals surface area contributed by atoms with Crippen LogP contribution in [-0.2, 0) is 15.6 Å². The summed E-state index contributed by atoms with van der Waals surface area (Å²) in [6.07, 6.45) is -2.54. The summed E-state index contributed by atoms with van der Waals surface area (Å²) >= 11 is 6.73. The largest absolute Gasteiger partial charge is 0.406 e. The lowest BCUT2D eigenvalue weighted by atomic mass is 9.96. The zero-order valence-corrected chi connectivity index (χ0v) is 17.7. The zero-order chi connectivity index (χ0) is 22.3. The summed E-state index contributed by atoms with van der Waals surface area (Å²) in [6, 6.07) is 5.66. The van der Waals surface area contributed by atoms with Crippen LogP contribution in [-0.4, -0.2) is 45.4 Å². The van der Waals surface area contributed by atoms with Gasteiger partial charge in [0.25, 0.3) is 0 Å². The SMILES string of the molecule is N[SH](=O)=O.O=C(Nc1ncc(Cl)s1)N(CC(F)(F)F)c1ccccc1C1CCOC1. The zero-order valence-electron chi connectivity index (χ0n) is 15.3. The Morgan fingerprint density at radius 2 is 2.07 bits per heavy atom. The van der Waals surface area contributed by atoms with E-state index >= 15 is 0 Å². The lowest BCUT2D eigenvalue weighted by Crippen LogP contribution is -2.42. The van der Waals surface area contributed by atoms with E-state index in [0.717, 1.165) is 11.3 Å². The van der Waals surface area contributed by atoms with Gasteiger partial charge in [0.2, 0.25) is 0 Å². The van der Waals surface area contributed by atoms with Crippen LogP contribution in [0.25, 0.3) is 0 Å². The molecule has 1 aromatic carbocycles. The van der Waals surface area contributed by atoms with Crippen molar-refractivity contribution in [3.05, 3.63) is 40.4 Å². The topological polar surface area (TPSA) is 115 Å². The minimum atomic E-state index is -4.56. The number of para-hydroxylation sites is 1. The number of thiazole rings is 1. The Hall–Kier alpha value is -1.93. The number of alkyl halides is 3. The van der Waals surface area contributed by atoms with Crippen molar-refractivity contribution in [2.75, 3.05) is 30.0 Å². The minimum absolute atomic E-state index is 0.0518. The Kier molecular flexibility index (Phi) is 8.85. The highest BCUT2D eigenvalue weighted by atomic mass is 35.5. The number of anilines is 2. The first-order chi connectivity index (χ1) is 14.1. The first kappa shape index (κ1) is 24.3. The molecule has 1 aliphatic heterocycles. The summed E-state index contributed by atoms with van der Waals surface area (Å²) in [5.41, 5.74) is 0.863. The van der Waals surface area contributed by atoms with Gasteiger partial charge >= 0.3 is 12.2 Å². The van der Waals surface area contributed by atoms with Gasteiger partial charge in [-0.15, -0.1) is 0 Å². The molecule has 0 spiro atoms. The number of nitrogens with zero attached hydrogens (tertiary/aromatic N) is 2. The van der Waals surface area contributed by atoms with Gasteiger partial charge in [-0.25, -0.2) is 23.3 Å². The van der Waals surface area contributed by atoms with E-state index in [1.54, 1.807) is 18.2 Å². The lowest BCUT2D eigenvalue weighted by molar-refractivity contribution is -0.118. The van der Waals surface area contributed by atoms with Gasteiger partial charge in [-0.1, -0.05) is 41.1 Å². The van der Waals surface area contributed by atoms with E-state index in [1.807, 2.05) is 0 Å². The molecule has 0 aliphatic carbocycles. The second-order valence-corrected chi connectivity index (χ2v) is 8.24. The fourth-order valence-electron chi connectivity index (χ4n) is 2.78. The predicted octanol–water partition coefficient (Wildman–Crippen LogP) is 3.37. The molecule has 14 heteroatoms. The van der Waals surface area contributed by atoms with Gasteiger partial charge < -0.3 is 4.74 Å². The number of nitrogens with one attached hydrogen (secondary N) is 1. The number of benzene rings is 1. The first-order valence-electron chi connectivity index (χ1n) is 8.39. The third-order valence-electron chi connectivity index (χ3n) is 3.87. The van der Waals surface area contributed by atoms with Gasteiger partial charge in [0.05, 0.1) is 12.8 Å². The number of nitrogens with two attached hydrogens (primary N) is 1. The maximum Gasteiger partial charge on any atom is 0.406 e. The van der Waals surface area contributed by atoms with Crippen LogP contribution in [0.1, 0.15) is 17.9 Å². The van der Waals surface area contributed by atoms with Crippen molar-refractivity contribution in [3.8, 4) is 0 Å². The molecule has 3 rings (SSSR count). The molecule has 0 saturated carbocycles. The minimum Gasteiger partial charge on any atom is -0.381 e. The van der Waals surface area contributed by atoms with Crippen LogP contribution >= 0.6 is 22.9 Å². The van der Waals surface area contributed by atoms with Crippen molar-refractivity contribution in [2.24, 2.45) is 5.14 Å².